The van der Waals surface area contributed by atoms with Crippen LogP contribution in [0.3, 0.4) is 0 Å². The van der Waals surface area contributed by atoms with Crippen LogP contribution < -0.4 is 5.32 Å². The molecule has 1 aliphatic heterocycles. The van der Waals surface area contributed by atoms with Gasteiger partial charge in [-0.05, 0) is 41.5 Å². The number of carbonyl (C=O) groups is 2. The number of rotatable bonds is 3. The number of urea groups is 1. The molecule has 0 radical (unpaired) electrons. The van der Waals surface area contributed by atoms with Crippen molar-refractivity contribution >= 4 is 18.0 Å². The summed E-state index contributed by atoms with van der Waals surface area (Å²) in [4.78, 5) is 25.3. The first kappa shape index (κ1) is 14.8. The van der Waals surface area contributed by atoms with Crippen molar-refractivity contribution in [2.24, 2.45) is 0 Å². The van der Waals surface area contributed by atoms with Crippen molar-refractivity contribution in [2.75, 3.05) is 0 Å². The molecular formula is C17H13FN2O3. The molecule has 2 aromatic carbocycles. The van der Waals surface area contributed by atoms with Gasteiger partial charge in [-0.3, -0.25) is 9.69 Å². The second-order valence-electron chi connectivity index (χ2n) is 5.10. The van der Waals surface area contributed by atoms with Gasteiger partial charge in [-0.25, -0.2) is 9.18 Å². The van der Waals surface area contributed by atoms with Crippen molar-refractivity contribution in [3.8, 4) is 5.75 Å². The number of nitrogens with zero attached hydrogens (tertiary/aromatic N) is 1. The van der Waals surface area contributed by atoms with Gasteiger partial charge in [0.1, 0.15) is 17.3 Å². The molecule has 1 aliphatic rings. The number of halogens is 1. The molecular weight excluding hydrogens is 299 g/mol. The van der Waals surface area contributed by atoms with Crippen LogP contribution in [0, 0.1) is 5.82 Å². The Balaban J connectivity index is 1.79. The van der Waals surface area contributed by atoms with E-state index in [4.69, 9.17) is 0 Å². The third-order valence-corrected chi connectivity index (χ3v) is 3.42. The molecule has 3 rings (SSSR count). The lowest BCUT2D eigenvalue weighted by Gasteiger charge is -2.11. The number of hydrogen-bond acceptors (Lipinski definition) is 3. The van der Waals surface area contributed by atoms with Crippen molar-refractivity contribution in [3.63, 3.8) is 0 Å². The number of phenolic OH excluding ortho intramolecular Hbond substituents is 1. The van der Waals surface area contributed by atoms with E-state index in [0.29, 0.717) is 11.1 Å². The topological polar surface area (TPSA) is 69.6 Å². The Morgan fingerprint density at radius 3 is 2.35 bits per heavy atom. The van der Waals surface area contributed by atoms with Gasteiger partial charge in [-0.2, -0.15) is 0 Å². The Labute approximate surface area is 131 Å². The second kappa shape index (κ2) is 5.92. The summed E-state index contributed by atoms with van der Waals surface area (Å²) in [6.45, 7) is 0.0673. The molecule has 2 aromatic rings. The number of carbonyl (C=O) groups excluding carboxylic acids is 2. The minimum absolute atomic E-state index is 0.0673. The third kappa shape index (κ3) is 3.21. The summed E-state index contributed by atoms with van der Waals surface area (Å²) in [5.74, 6) is -0.710. The number of imide groups is 1. The average molecular weight is 312 g/mol. The first-order chi connectivity index (χ1) is 11.0. The fraction of sp³-hybridized carbons (Fsp3) is 0.0588. The van der Waals surface area contributed by atoms with E-state index in [1.807, 2.05) is 0 Å². The highest BCUT2D eigenvalue weighted by Crippen LogP contribution is 2.18. The molecule has 0 aliphatic carbocycles. The maximum atomic E-state index is 12.9. The van der Waals surface area contributed by atoms with Gasteiger partial charge in [-0.15, -0.1) is 0 Å². The molecule has 6 heteroatoms. The van der Waals surface area contributed by atoms with Crippen LogP contribution in [-0.2, 0) is 11.3 Å². The van der Waals surface area contributed by atoms with Gasteiger partial charge in [0.15, 0.2) is 0 Å². The SMILES string of the molecule is O=C1NC(=Cc2ccc(O)cc2)C(=O)N1Cc1ccc(F)cc1. The van der Waals surface area contributed by atoms with Crippen molar-refractivity contribution in [2.45, 2.75) is 6.54 Å². The Hall–Kier alpha value is -3.15. The Kier molecular flexibility index (Phi) is 3.80. The van der Waals surface area contributed by atoms with E-state index >= 15 is 0 Å². The zero-order valence-electron chi connectivity index (χ0n) is 12.0. The van der Waals surface area contributed by atoms with Gasteiger partial charge in [0.05, 0.1) is 6.54 Å². The van der Waals surface area contributed by atoms with Crippen LogP contribution in [-0.4, -0.2) is 21.9 Å². The smallest absolute Gasteiger partial charge is 0.329 e. The zero-order valence-corrected chi connectivity index (χ0v) is 12.0. The monoisotopic (exact) mass is 312 g/mol. The maximum absolute atomic E-state index is 12.9. The molecule has 0 unspecified atom stereocenters. The number of phenols is 1. The molecule has 0 aromatic heterocycles. The predicted octanol–water partition coefficient (Wildman–Crippen LogP) is 2.62. The fourth-order valence-corrected chi connectivity index (χ4v) is 2.22. The molecule has 2 N–H and O–H groups in total. The summed E-state index contributed by atoms with van der Waals surface area (Å²) in [5.41, 5.74) is 1.48. The van der Waals surface area contributed by atoms with Gasteiger partial charge in [-0.1, -0.05) is 24.3 Å². The van der Waals surface area contributed by atoms with Crippen LogP contribution in [0.25, 0.3) is 6.08 Å². The van der Waals surface area contributed by atoms with E-state index in [-0.39, 0.29) is 23.8 Å². The highest BCUT2D eigenvalue weighted by Gasteiger charge is 2.33. The highest BCUT2D eigenvalue weighted by atomic mass is 19.1. The van der Waals surface area contributed by atoms with E-state index < -0.39 is 11.9 Å². The molecule has 1 saturated heterocycles. The van der Waals surface area contributed by atoms with Crippen LogP contribution in [0.5, 0.6) is 5.75 Å². The maximum Gasteiger partial charge on any atom is 0.329 e. The van der Waals surface area contributed by atoms with Crippen LogP contribution in [0.2, 0.25) is 0 Å². The zero-order chi connectivity index (χ0) is 16.4. The summed E-state index contributed by atoms with van der Waals surface area (Å²) in [7, 11) is 0. The molecule has 23 heavy (non-hydrogen) atoms. The van der Waals surface area contributed by atoms with Gasteiger partial charge in [0.25, 0.3) is 5.91 Å². The lowest BCUT2D eigenvalue weighted by Crippen LogP contribution is -2.30. The molecule has 0 spiro atoms. The van der Waals surface area contributed by atoms with Crippen molar-refractivity contribution in [3.05, 3.63) is 71.2 Å². The fourth-order valence-electron chi connectivity index (χ4n) is 2.22. The van der Waals surface area contributed by atoms with Crippen LogP contribution >= 0.6 is 0 Å². The van der Waals surface area contributed by atoms with Gasteiger partial charge in [0, 0.05) is 0 Å². The van der Waals surface area contributed by atoms with Crippen molar-refractivity contribution in [1.82, 2.24) is 10.2 Å². The first-order valence-corrected chi connectivity index (χ1v) is 6.91. The highest BCUT2D eigenvalue weighted by molar-refractivity contribution is 6.13. The van der Waals surface area contributed by atoms with E-state index in [1.54, 1.807) is 12.1 Å². The van der Waals surface area contributed by atoms with E-state index in [0.717, 1.165) is 4.90 Å². The molecule has 1 heterocycles. The summed E-state index contributed by atoms with van der Waals surface area (Å²) in [5, 5.41) is 11.8. The number of aromatic hydroxyl groups is 1. The molecule has 0 bridgehead atoms. The molecule has 5 nitrogen and oxygen atoms in total. The van der Waals surface area contributed by atoms with Crippen molar-refractivity contribution in [1.29, 1.82) is 0 Å². The lowest BCUT2D eigenvalue weighted by atomic mass is 10.2. The van der Waals surface area contributed by atoms with Gasteiger partial charge < -0.3 is 10.4 Å². The summed E-state index contributed by atoms with van der Waals surface area (Å²) in [6, 6.07) is 11.3. The van der Waals surface area contributed by atoms with Gasteiger partial charge >= 0.3 is 6.03 Å². The van der Waals surface area contributed by atoms with E-state index in [1.165, 1.54) is 42.5 Å². The first-order valence-electron chi connectivity index (χ1n) is 6.91. The van der Waals surface area contributed by atoms with Gasteiger partial charge in [0.2, 0.25) is 0 Å². The second-order valence-corrected chi connectivity index (χ2v) is 5.10. The normalized spacial score (nSPS) is 16.0. The lowest BCUT2D eigenvalue weighted by molar-refractivity contribution is -0.123. The Bertz CT molecular complexity index is 782. The molecule has 116 valence electrons. The molecule has 0 atom stereocenters. The third-order valence-electron chi connectivity index (χ3n) is 3.42. The summed E-state index contributed by atoms with van der Waals surface area (Å²) < 4.78 is 12.9. The van der Waals surface area contributed by atoms with Crippen molar-refractivity contribution < 1.29 is 19.1 Å². The number of nitrogens with one attached hydrogen (secondary N) is 1. The Morgan fingerprint density at radius 2 is 1.70 bits per heavy atom. The number of benzene rings is 2. The largest absolute Gasteiger partial charge is 0.508 e. The van der Waals surface area contributed by atoms with Crippen LogP contribution in [0.4, 0.5) is 9.18 Å². The number of hydrogen-bond donors (Lipinski definition) is 2. The molecule has 1 fully saturated rings. The average Bonchev–Trinajstić information content (AvgIpc) is 2.79. The Morgan fingerprint density at radius 1 is 1.04 bits per heavy atom. The quantitative estimate of drug-likeness (QED) is 0.676. The molecule has 3 amide bonds. The summed E-state index contributed by atoms with van der Waals surface area (Å²) >= 11 is 0. The number of amides is 3. The van der Waals surface area contributed by atoms with Crippen LogP contribution in [0.1, 0.15) is 11.1 Å². The summed E-state index contributed by atoms with van der Waals surface area (Å²) in [6.07, 6.45) is 1.53. The van der Waals surface area contributed by atoms with Crippen LogP contribution in [0.15, 0.2) is 54.2 Å². The minimum atomic E-state index is -0.524. The predicted molar refractivity (Wildman–Crippen MR) is 81.6 cm³/mol. The minimum Gasteiger partial charge on any atom is -0.508 e. The van der Waals surface area contributed by atoms with E-state index in [9.17, 15) is 19.1 Å². The van der Waals surface area contributed by atoms with E-state index in [2.05, 4.69) is 5.32 Å². The molecule has 0 saturated carbocycles. The standard InChI is InChI=1S/C17H13FN2O3/c18-13-5-1-12(2-6-13)10-20-16(22)15(19-17(20)23)9-11-3-7-14(21)8-4-11/h1-9,21H,10H2,(H,19,23).